The molecule has 174 valence electrons. The van der Waals surface area contributed by atoms with E-state index >= 15 is 0 Å². The monoisotopic (exact) mass is 461 g/mol. The van der Waals surface area contributed by atoms with Gasteiger partial charge in [0.05, 0.1) is 28.5 Å². The molecule has 2 aromatic heterocycles. The number of carbonyl (C=O) groups excluding carboxylic acids is 1. The Balaban J connectivity index is 1.60. The Kier molecular flexibility index (Phi) is 5.59. The Morgan fingerprint density at radius 2 is 1.71 bits per heavy atom. The summed E-state index contributed by atoms with van der Waals surface area (Å²) in [4.78, 5) is 24.3. The number of halogens is 2. The van der Waals surface area contributed by atoms with Gasteiger partial charge in [-0.15, -0.1) is 0 Å². The summed E-state index contributed by atoms with van der Waals surface area (Å²) in [6, 6.07) is 8.56. The van der Waals surface area contributed by atoms with Crippen molar-refractivity contribution in [2.45, 2.75) is 45.2 Å². The van der Waals surface area contributed by atoms with Crippen molar-refractivity contribution in [2.75, 3.05) is 0 Å². The maximum atomic E-state index is 14.0. The van der Waals surface area contributed by atoms with Crippen molar-refractivity contribution in [3.63, 3.8) is 0 Å². The summed E-state index contributed by atoms with van der Waals surface area (Å²) in [5.74, 6) is -1.34. The van der Waals surface area contributed by atoms with Crippen LogP contribution in [0.2, 0.25) is 0 Å². The molecule has 0 saturated heterocycles. The average molecular weight is 462 g/mol. The lowest BCUT2D eigenvalue weighted by Gasteiger charge is -2.41. The number of benzene rings is 2. The van der Waals surface area contributed by atoms with E-state index in [1.807, 2.05) is 24.8 Å². The predicted octanol–water partition coefficient (Wildman–Crippen LogP) is 5.24. The number of carbonyl (C=O) groups is 1. The molecule has 1 aliphatic rings. The fourth-order valence-electron chi connectivity index (χ4n) is 5.11. The normalized spacial score (nSPS) is 17.7. The molecule has 0 aliphatic carbocycles. The highest BCUT2D eigenvalue weighted by Crippen LogP contribution is 2.41. The third kappa shape index (κ3) is 3.63. The van der Waals surface area contributed by atoms with E-state index in [9.17, 15) is 13.6 Å². The van der Waals surface area contributed by atoms with Gasteiger partial charge < -0.3 is 4.90 Å². The van der Waals surface area contributed by atoms with Crippen molar-refractivity contribution in [3.05, 3.63) is 77.2 Å². The van der Waals surface area contributed by atoms with E-state index in [1.54, 1.807) is 36.3 Å². The van der Waals surface area contributed by atoms with Crippen molar-refractivity contribution >= 4 is 16.9 Å². The molecule has 0 bridgehead atoms. The van der Waals surface area contributed by atoms with Gasteiger partial charge in [0.1, 0.15) is 11.6 Å². The Hall–Kier alpha value is -3.68. The summed E-state index contributed by atoms with van der Waals surface area (Å²) in [7, 11) is 1.78. The van der Waals surface area contributed by atoms with Gasteiger partial charge in [-0.05, 0) is 49.6 Å². The molecule has 2 unspecified atom stereocenters. The number of aromatic nitrogens is 4. The van der Waals surface area contributed by atoms with E-state index in [2.05, 4.69) is 9.97 Å². The van der Waals surface area contributed by atoms with Crippen LogP contribution in [0.5, 0.6) is 0 Å². The minimum absolute atomic E-state index is 0.0798. The maximum Gasteiger partial charge on any atom is 0.254 e. The fourth-order valence-corrected chi connectivity index (χ4v) is 5.11. The van der Waals surface area contributed by atoms with E-state index in [-0.39, 0.29) is 18.0 Å². The average Bonchev–Trinajstić information content (AvgIpc) is 3.16. The maximum absolute atomic E-state index is 14.0. The first kappa shape index (κ1) is 22.1. The lowest BCUT2D eigenvalue weighted by atomic mass is 9.87. The minimum Gasteiger partial charge on any atom is -0.327 e. The second-order valence-corrected chi connectivity index (χ2v) is 8.66. The van der Waals surface area contributed by atoms with Crippen molar-refractivity contribution in [3.8, 4) is 11.3 Å². The van der Waals surface area contributed by atoms with Gasteiger partial charge in [-0.2, -0.15) is 5.10 Å². The molecule has 0 fully saturated rings. The van der Waals surface area contributed by atoms with Crippen LogP contribution in [0.25, 0.3) is 22.3 Å². The molecule has 4 aromatic rings. The zero-order valence-corrected chi connectivity index (χ0v) is 19.3. The molecule has 0 saturated carbocycles. The lowest BCUT2D eigenvalue weighted by molar-refractivity contribution is 0.0513. The molecule has 0 spiro atoms. The zero-order chi connectivity index (χ0) is 24.0. The standard InChI is InChI=1S/C26H25F2N5O/c1-4-19-14-20-24(31-32(3)25(20)16-10-17(27)13-18(28)11-16)23(5-2)33(19)26(34)15-6-7-21-22(12-15)30-9-8-29-21/h6-13,19,23H,4-5,14H2,1-3H3. The van der Waals surface area contributed by atoms with Crippen molar-refractivity contribution in [1.82, 2.24) is 24.6 Å². The third-order valence-electron chi connectivity index (χ3n) is 6.61. The summed E-state index contributed by atoms with van der Waals surface area (Å²) in [5.41, 5.74) is 4.82. The molecular formula is C26H25F2N5O. The molecule has 8 heteroatoms. The molecule has 5 rings (SSSR count). The molecule has 0 N–H and O–H groups in total. The van der Waals surface area contributed by atoms with Crippen LogP contribution in [0.4, 0.5) is 8.78 Å². The molecule has 2 atom stereocenters. The summed E-state index contributed by atoms with van der Waals surface area (Å²) in [6.45, 7) is 4.07. The lowest BCUT2D eigenvalue weighted by Crippen LogP contribution is -2.47. The molecule has 0 radical (unpaired) electrons. The van der Waals surface area contributed by atoms with Crippen LogP contribution >= 0.6 is 0 Å². The Bertz CT molecular complexity index is 1380. The first-order valence-corrected chi connectivity index (χ1v) is 11.5. The molecule has 34 heavy (non-hydrogen) atoms. The van der Waals surface area contributed by atoms with E-state index in [0.29, 0.717) is 35.2 Å². The van der Waals surface area contributed by atoms with Gasteiger partial charge in [0.2, 0.25) is 0 Å². The smallest absolute Gasteiger partial charge is 0.254 e. The van der Waals surface area contributed by atoms with E-state index in [4.69, 9.17) is 5.10 Å². The van der Waals surface area contributed by atoms with Crippen LogP contribution in [-0.2, 0) is 13.5 Å². The topological polar surface area (TPSA) is 63.9 Å². The molecule has 6 nitrogen and oxygen atoms in total. The van der Waals surface area contributed by atoms with Crippen LogP contribution in [-0.4, -0.2) is 36.6 Å². The van der Waals surface area contributed by atoms with Gasteiger partial charge >= 0.3 is 0 Å². The zero-order valence-electron chi connectivity index (χ0n) is 19.3. The van der Waals surface area contributed by atoms with E-state index in [0.717, 1.165) is 29.3 Å². The fraction of sp³-hybridized carbons (Fsp3) is 0.308. The molecule has 3 heterocycles. The summed E-state index contributed by atoms with van der Waals surface area (Å²) in [6.07, 6.45) is 5.19. The van der Waals surface area contributed by atoms with Gasteiger partial charge in [-0.1, -0.05) is 13.8 Å². The second-order valence-electron chi connectivity index (χ2n) is 8.66. The number of fused-ring (bicyclic) bond motifs is 2. The van der Waals surface area contributed by atoms with Crippen molar-refractivity contribution < 1.29 is 13.6 Å². The summed E-state index contributed by atoms with van der Waals surface area (Å²) >= 11 is 0. The SMILES string of the molecule is CCC1Cc2c(nn(C)c2-c2cc(F)cc(F)c2)C(CC)N1C(=O)c1ccc2nccnc2c1. The highest BCUT2D eigenvalue weighted by Gasteiger charge is 2.40. The molecule has 1 amide bonds. The molecular weight excluding hydrogens is 436 g/mol. The van der Waals surface area contributed by atoms with Crippen LogP contribution in [0.3, 0.4) is 0 Å². The van der Waals surface area contributed by atoms with Crippen LogP contribution in [0, 0.1) is 11.6 Å². The summed E-state index contributed by atoms with van der Waals surface area (Å²) < 4.78 is 29.7. The number of rotatable bonds is 4. The second kappa shape index (κ2) is 8.59. The van der Waals surface area contributed by atoms with Crippen LogP contribution in [0.1, 0.15) is 54.3 Å². The summed E-state index contributed by atoms with van der Waals surface area (Å²) in [5, 5.41) is 4.74. The molecule has 2 aromatic carbocycles. The van der Waals surface area contributed by atoms with Crippen LogP contribution < -0.4 is 0 Å². The number of hydrogen-bond acceptors (Lipinski definition) is 4. The van der Waals surface area contributed by atoms with Crippen LogP contribution in [0.15, 0.2) is 48.8 Å². The third-order valence-corrected chi connectivity index (χ3v) is 6.61. The highest BCUT2D eigenvalue weighted by atomic mass is 19.1. The molecule has 1 aliphatic heterocycles. The van der Waals surface area contributed by atoms with Gasteiger partial charge in [-0.25, -0.2) is 8.78 Å². The quantitative estimate of drug-likeness (QED) is 0.417. The van der Waals surface area contributed by atoms with Crippen molar-refractivity contribution in [2.24, 2.45) is 7.05 Å². The minimum atomic E-state index is -0.629. The first-order chi connectivity index (χ1) is 16.4. The number of hydrogen-bond donors (Lipinski definition) is 0. The van der Waals surface area contributed by atoms with Gasteiger partial charge in [0.25, 0.3) is 5.91 Å². The van der Waals surface area contributed by atoms with E-state index in [1.165, 1.54) is 12.1 Å². The van der Waals surface area contributed by atoms with E-state index < -0.39 is 11.6 Å². The van der Waals surface area contributed by atoms with Crippen molar-refractivity contribution in [1.29, 1.82) is 0 Å². The highest BCUT2D eigenvalue weighted by molar-refractivity contribution is 5.98. The number of nitrogens with zero attached hydrogens (tertiary/aromatic N) is 5. The number of aryl methyl sites for hydroxylation is 1. The van der Waals surface area contributed by atoms with Gasteiger partial charge in [0.15, 0.2) is 0 Å². The first-order valence-electron chi connectivity index (χ1n) is 11.5. The van der Waals surface area contributed by atoms with Gasteiger partial charge in [0, 0.05) is 48.2 Å². The predicted molar refractivity (Wildman–Crippen MR) is 125 cm³/mol. The largest absolute Gasteiger partial charge is 0.327 e. The Morgan fingerprint density at radius 1 is 1.00 bits per heavy atom. The van der Waals surface area contributed by atoms with Gasteiger partial charge in [-0.3, -0.25) is 19.4 Å². The Morgan fingerprint density at radius 3 is 2.38 bits per heavy atom. The number of amides is 1. The Labute approximate surface area is 196 Å².